The van der Waals surface area contributed by atoms with Gasteiger partial charge in [0, 0.05) is 12.5 Å². The maximum Gasteiger partial charge on any atom is 0.233 e. The van der Waals surface area contributed by atoms with Gasteiger partial charge in [-0.05, 0) is 31.0 Å². The Kier molecular flexibility index (Phi) is 5.76. The molecule has 2 aromatic carbocycles. The van der Waals surface area contributed by atoms with E-state index in [1.807, 2.05) is 49.4 Å². The molecule has 0 aliphatic carbocycles. The predicted molar refractivity (Wildman–Crippen MR) is 104 cm³/mol. The van der Waals surface area contributed by atoms with Crippen molar-refractivity contribution >= 4 is 28.7 Å². The molecule has 2 N–H and O–H groups in total. The van der Waals surface area contributed by atoms with Crippen molar-refractivity contribution in [3.63, 3.8) is 0 Å². The fraction of sp³-hybridized carbons (Fsp3) is 0.300. The lowest BCUT2D eigenvalue weighted by Crippen LogP contribution is -2.34. The zero-order valence-corrected chi connectivity index (χ0v) is 15.3. The van der Waals surface area contributed by atoms with Crippen molar-refractivity contribution in [1.29, 1.82) is 0 Å². The number of carbonyl (C=O) groups excluding carboxylic acids is 1. The minimum atomic E-state index is -0.200. The third-order valence-corrected chi connectivity index (χ3v) is 5.30. The van der Waals surface area contributed by atoms with Crippen molar-refractivity contribution < 1.29 is 4.79 Å². The van der Waals surface area contributed by atoms with E-state index < -0.39 is 0 Å². The highest BCUT2D eigenvalue weighted by Gasteiger charge is 2.18. The molecule has 4 nitrogen and oxygen atoms in total. The second kappa shape index (κ2) is 8.21. The molecule has 0 bridgehead atoms. The van der Waals surface area contributed by atoms with Gasteiger partial charge in [-0.15, -0.1) is 0 Å². The summed E-state index contributed by atoms with van der Waals surface area (Å²) in [5.74, 6) is 0.383. The van der Waals surface area contributed by atoms with Crippen LogP contribution in [0.3, 0.4) is 0 Å². The first-order valence-corrected chi connectivity index (χ1v) is 9.49. The fourth-order valence-corrected chi connectivity index (χ4v) is 3.64. The van der Waals surface area contributed by atoms with Crippen molar-refractivity contribution in [3.05, 3.63) is 60.2 Å². The van der Waals surface area contributed by atoms with Gasteiger partial charge in [0.1, 0.15) is 0 Å². The number of thioether (sulfide) groups is 1. The summed E-state index contributed by atoms with van der Waals surface area (Å²) in [6.07, 6.45) is 0.995. The molecule has 0 spiro atoms. The van der Waals surface area contributed by atoms with Gasteiger partial charge in [0.25, 0.3) is 0 Å². The molecule has 0 aliphatic rings. The van der Waals surface area contributed by atoms with Gasteiger partial charge in [-0.2, -0.15) is 0 Å². The van der Waals surface area contributed by atoms with Gasteiger partial charge in [0.05, 0.1) is 16.3 Å². The smallest absolute Gasteiger partial charge is 0.233 e. The SMILES string of the molecule is CC[C@H](CNC(=O)[C@H](C)Sc1nc2ccccc2[nH]1)c1ccccc1. The number of aromatic amines is 1. The highest BCUT2D eigenvalue weighted by Crippen LogP contribution is 2.24. The normalized spacial score (nSPS) is 13.5. The van der Waals surface area contributed by atoms with Crippen LogP contribution in [-0.4, -0.2) is 27.7 Å². The van der Waals surface area contributed by atoms with Crippen molar-refractivity contribution in [2.45, 2.75) is 36.6 Å². The molecule has 3 aromatic rings. The van der Waals surface area contributed by atoms with Gasteiger partial charge in [0.15, 0.2) is 5.16 Å². The summed E-state index contributed by atoms with van der Waals surface area (Å²) in [4.78, 5) is 20.2. The molecule has 0 radical (unpaired) electrons. The first kappa shape index (κ1) is 17.5. The molecule has 5 heteroatoms. The van der Waals surface area contributed by atoms with Crippen molar-refractivity contribution in [2.75, 3.05) is 6.54 Å². The summed E-state index contributed by atoms with van der Waals surface area (Å²) in [5.41, 5.74) is 3.18. The number of imidazole rings is 1. The standard InChI is InChI=1S/C20H23N3OS/c1-3-15(16-9-5-4-6-10-16)13-21-19(24)14(2)25-20-22-17-11-7-8-12-18(17)23-20/h4-12,14-15H,3,13H2,1-2H3,(H,21,24)(H,22,23)/t14-,15+/m0/s1. The summed E-state index contributed by atoms with van der Waals surface area (Å²) in [6.45, 7) is 4.72. The number of amides is 1. The number of para-hydroxylation sites is 2. The number of nitrogens with one attached hydrogen (secondary N) is 2. The Bertz CT molecular complexity index is 798. The Balaban J connectivity index is 1.57. The van der Waals surface area contributed by atoms with Gasteiger partial charge < -0.3 is 10.3 Å². The number of hydrogen-bond acceptors (Lipinski definition) is 3. The van der Waals surface area contributed by atoms with Crippen LogP contribution in [0.4, 0.5) is 0 Å². The van der Waals surface area contributed by atoms with Crippen molar-refractivity contribution in [3.8, 4) is 0 Å². The molecular weight excluding hydrogens is 330 g/mol. The van der Waals surface area contributed by atoms with E-state index in [0.29, 0.717) is 12.5 Å². The maximum atomic E-state index is 12.4. The van der Waals surface area contributed by atoms with Gasteiger partial charge in [0.2, 0.25) is 5.91 Å². The van der Waals surface area contributed by atoms with Gasteiger partial charge in [-0.25, -0.2) is 4.98 Å². The van der Waals surface area contributed by atoms with E-state index in [0.717, 1.165) is 22.6 Å². The molecular formula is C20H23N3OS. The van der Waals surface area contributed by atoms with Crippen LogP contribution >= 0.6 is 11.8 Å². The number of benzene rings is 2. The van der Waals surface area contributed by atoms with E-state index in [9.17, 15) is 4.79 Å². The zero-order valence-electron chi connectivity index (χ0n) is 14.5. The lowest BCUT2D eigenvalue weighted by Gasteiger charge is -2.17. The monoisotopic (exact) mass is 353 g/mol. The molecule has 0 saturated carbocycles. The van der Waals surface area contributed by atoms with Crippen LogP contribution in [-0.2, 0) is 4.79 Å². The summed E-state index contributed by atoms with van der Waals surface area (Å²) in [7, 11) is 0. The molecule has 1 aromatic heterocycles. The molecule has 1 heterocycles. The topological polar surface area (TPSA) is 57.8 Å². The Morgan fingerprint density at radius 1 is 1.16 bits per heavy atom. The number of hydrogen-bond donors (Lipinski definition) is 2. The largest absolute Gasteiger partial charge is 0.355 e. The summed E-state index contributed by atoms with van der Waals surface area (Å²) >= 11 is 1.45. The van der Waals surface area contributed by atoms with E-state index in [-0.39, 0.29) is 11.2 Å². The van der Waals surface area contributed by atoms with Crippen LogP contribution in [0.5, 0.6) is 0 Å². The Labute approximate surface area is 152 Å². The summed E-state index contributed by atoms with van der Waals surface area (Å²) in [6, 6.07) is 18.2. The van der Waals surface area contributed by atoms with Crippen molar-refractivity contribution in [1.82, 2.24) is 15.3 Å². The molecule has 25 heavy (non-hydrogen) atoms. The number of rotatable bonds is 7. The van der Waals surface area contributed by atoms with Crippen molar-refractivity contribution in [2.24, 2.45) is 0 Å². The molecule has 0 aliphatic heterocycles. The minimum Gasteiger partial charge on any atom is -0.355 e. The van der Waals surface area contributed by atoms with Crippen LogP contribution in [0.1, 0.15) is 31.7 Å². The summed E-state index contributed by atoms with van der Waals surface area (Å²) in [5, 5.41) is 3.66. The van der Waals surface area contributed by atoms with Gasteiger partial charge >= 0.3 is 0 Å². The van der Waals surface area contributed by atoms with Crippen LogP contribution < -0.4 is 5.32 Å². The zero-order chi connectivity index (χ0) is 17.6. The predicted octanol–water partition coefficient (Wildman–Crippen LogP) is 4.35. The Hall–Kier alpha value is -2.27. The lowest BCUT2D eigenvalue weighted by molar-refractivity contribution is -0.120. The number of nitrogens with zero attached hydrogens (tertiary/aromatic N) is 1. The highest BCUT2D eigenvalue weighted by atomic mass is 32.2. The molecule has 0 fully saturated rings. The average molecular weight is 353 g/mol. The Morgan fingerprint density at radius 2 is 1.88 bits per heavy atom. The van der Waals surface area contributed by atoms with Crippen LogP contribution in [0.2, 0.25) is 0 Å². The second-order valence-corrected chi connectivity index (χ2v) is 7.41. The van der Waals surface area contributed by atoms with E-state index in [1.165, 1.54) is 17.3 Å². The Morgan fingerprint density at radius 3 is 2.60 bits per heavy atom. The highest BCUT2D eigenvalue weighted by molar-refractivity contribution is 8.00. The van der Waals surface area contributed by atoms with Crippen LogP contribution in [0.25, 0.3) is 11.0 Å². The molecule has 3 rings (SSSR count). The minimum absolute atomic E-state index is 0.0415. The van der Waals surface area contributed by atoms with E-state index in [1.54, 1.807) is 0 Å². The number of H-pyrrole nitrogens is 1. The molecule has 0 unspecified atom stereocenters. The second-order valence-electron chi connectivity index (χ2n) is 6.08. The number of aromatic nitrogens is 2. The number of fused-ring (bicyclic) bond motifs is 1. The van der Waals surface area contributed by atoms with Crippen LogP contribution in [0.15, 0.2) is 59.8 Å². The fourth-order valence-electron chi connectivity index (χ4n) is 2.80. The maximum absolute atomic E-state index is 12.4. The first-order chi connectivity index (χ1) is 12.2. The van der Waals surface area contributed by atoms with Crippen LogP contribution in [0, 0.1) is 0 Å². The lowest BCUT2D eigenvalue weighted by atomic mass is 9.96. The summed E-state index contributed by atoms with van der Waals surface area (Å²) < 4.78 is 0. The average Bonchev–Trinajstić information content (AvgIpc) is 3.05. The van der Waals surface area contributed by atoms with E-state index in [4.69, 9.17) is 0 Å². The van der Waals surface area contributed by atoms with E-state index >= 15 is 0 Å². The number of carbonyl (C=O) groups is 1. The molecule has 130 valence electrons. The molecule has 2 atom stereocenters. The van der Waals surface area contributed by atoms with Gasteiger partial charge in [-0.3, -0.25) is 4.79 Å². The van der Waals surface area contributed by atoms with E-state index in [2.05, 4.69) is 34.3 Å². The quantitative estimate of drug-likeness (QED) is 0.621. The first-order valence-electron chi connectivity index (χ1n) is 8.61. The van der Waals surface area contributed by atoms with Gasteiger partial charge in [-0.1, -0.05) is 61.2 Å². The third kappa shape index (κ3) is 4.42. The molecule has 0 saturated heterocycles. The third-order valence-electron chi connectivity index (χ3n) is 4.31. The molecule has 1 amide bonds.